The molecule has 0 spiro atoms. The Kier molecular flexibility index (Phi) is 3.52. The number of nitrogens with zero attached hydrogens (tertiary/aromatic N) is 1. The molecule has 0 saturated carbocycles. The first-order valence-corrected chi connectivity index (χ1v) is 6.68. The first kappa shape index (κ1) is 12.9. The topological polar surface area (TPSA) is 69.4 Å². The molecular weight excluding hydrogens is 278 g/mol. The highest BCUT2D eigenvalue weighted by Gasteiger charge is 2.11. The minimum Gasteiger partial charge on any atom is -0.490 e. The summed E-state index contributed by atoms with van der Waals surface area (Å²) < 4.78 is 11.2. The van der Waals surface area contributed by atoms with E-state index in [4.69, 9.17) is 26.8 Å². The van der Waals surface area contributed by atoms with E-state index in [0.717, 1.165) is 23.6 Å². The number of pyridine rings is 1. The maximum absolute atomic E-state index is 5.88. The van der Waals surface area contributed by atoms with Gasteiger partial charge >= 0.3 is 0 Å². The highest BCUT2D eigenvalue weighted by molar-refractivity contribution is 6.29. The molecule has 0 saturated heterocycles. The molecule has 1 aliphatic heterocycles. The van der Waals surface area contributed by atoms with Crippen molar-refractivity contribution >= 4 is 28.8 Å². The van der Waals surface area contributed by atoms with Crippen LogP contribution in [-0.2, 0) is 0 Å². The zero-order valence-electron chi connectivity index (χ0n) is 10.7. The van der Waals surface area contributed by atoms with E-state index in [1.807, 2.05) is 18.2 Å². The van der Waals surface area contributed by atoms with Crippen molar-refractivity contribution in [2.24, 2.45) is 0 Å². The molecule has 0 atom stereocenters. The highest BCUT2D eigenvalue weighted by Crippen LogP contribution is 2.33. The highest BCUT2D eigenvalue weighted by atomic mass is 35.5. The van der Waals surface area contributed by atoms with Crippen LogP contribution in [0.25, 0.3) is 0 Å². The molecule has 0 aliphatic carbocycles. The molecule has 3 N–H and O–H groups in total. The minimum atomic E-state index is 0.349. The van der Waals surface area contributed by atoms with E-state index in [0.29, 0.717) is 29.9 Å². The van der Waals surface area contributed by atoms with Gasteiger partial charge in [-0.15, -0.1) is 0 Å². The quantitative estimate of drug-likeness (QED) is 0.832. The van der Waals surface area contributed by atoms with Crippen LogP contribution in [0, 0.1) is 0 Å². The number of halogens is 1. The van der Waals surface area contributed by atoms with Gasteiger partial charge in [-0.2, -0.15) is 0 Å². The second-order valence-electron chi connectivity index (χ2n) is 4.45. The molecule has 0 unspecified atom stereocenters. The fourth-order valence-electron chi connectivity index (χ4n) is 1.97. The van der Waals surface area contributed by atoms with Crippen LogP contribution in [0.4, 0.5) is 17.2 Å². The lowest BCUT2D eigenvalue weighted by atomic mass is 10.2. The minimum absolute atomic E-state index is 0.349. The zero-order chi connectivity index (χ0) is 13.9. The van der Waals surface area contributed by atoms with Crippen molar-refractivity contribution in [2.45, 2.75) is 6.42 Å². The van der Waals surface area contributed by atoms with Gasteiger partial charge in [-0.05, 0) is 18.2 Å². The van der Waals surface area contributed by atoms with Crippen LogP contribution in [-0.4, -0.2) is 18.2 Å². The average Bonchev–Trinajstić information content (AvgIpc) is 2.62. The predicted octanol–water partition coefficient (Wildman–Crippen LogP) is 3.22. The van der Waals surface area contributed by atoms with E-state index in [2.05, 4.69) is 10.3 Å². The SMILES string of the molecule is Nc1cc(Cl)nc(Nc2ccc3c(c2)OCCCO3)c1. The number of hydrogen-bond acceptors (Lipinski definition) is 5. The molecule has 0 fully saturated rings. The van der Waals surface area contributed by atoms with E-state index in [1.165, 1.54) is 0 Å². The predicted molar refractivity (Wildman–Crippen MR) is 79.0 cm³/mol. The van der Waals surface area contributed by atoms with Crippen molar-refractivity contribution in [1.29, 1.82) is 0 Å². The van der Waals surface area contributed by atoms with Crippen molar-refractivity contribution < 1.29 is 9.47 Å². The zero-order valence-corrected chi connectivity index (χ0v) is 11.5. The Morgan fingerprint density at radius 1 is 1.10 bits per heavy atom. The summed E-state index contributed by atoms with van der Waals surface area (Å²) in [5.41, 5.74) is 7.13. The Hall–Kier alpha value is -2.14. The third kappa shape index (κ3) is 2.88. The molecule has 1 aromatic heterocycles. The summed E-state index contributed by atoms with van der Waals surface area (Å²) in [5.74, 6) is 2.07. The fourth-order valence-corrected chi connectivity index (χ4v) is 2.19. The summed E-state index contributed by atoms with van der Waals surface area (Å²) in [6, 6.07) is 8.96. The number of nitrogen functional groups attached to an aromatic ring is 1. The van der Waals surface area contributed by atoms with E-state index >= 15 is 0 Å². The van der Waals surface area contributed by atoms with Gasteiger partial charge in [0.1, 0.15) is 11.0 Å². The van der Waals surface area contributed by atoms with Crippen LogP contribution in [0.15, 0.2) is 30.3 Å². The largest absolute Gasteiger partial charge is 0.490 e. The number of anilines is 3. The Morgan fingerprint density at radius 3 is 2.70 bits per heavy atom. The number of nitrogens with one attached hydrogen (secondary N) is 1. The molecule has 1 aromatic carbocycles. The smallest absolute Gasteiger partial charge is 0.163 e. The molecule has 1 aliphatic rings. The summed E-state index contributed by atoms with van der Waals surface area (Å²) in [4.78, 5) is 4.16. The summed E-state index contributed by atoms with van der Waals surface area (Å²) in [5, 5.41) is 3.49. The van der Waals surface area contributed by atoms with Crippen LogP contribution < -0.4 is 20.5 Å². The number of rotatable bonds is 2. The number of fused-ring (bicyclic) bond motifs is 1. The van der Waals surface area contributed by atoms with Gasteiger partial charge in [0.15, 0.2) is 11.5 Å². The Labute approximate surface area is 121 Å². The number of benzene rings is 1. The first-order chi connectivity index (χ1) is 9.70. The Bertz CT molecular complexity index is 614. The normalized spacial score (nSPS) is 13.7. The second kappa shape index (κ2) is 5.46. The molecule has 104 valence electrons. The van der Waals surface area contributed by atoms with Crippen LogP contribution in [0.3, 0.4) is 0 Å². The van der Waals surface area contributed by atoms with E-state index in [-0.39, 0.29) is 0 Å². The molecule has 2 heterocycles. The summed E-state index contributed by atoms with van der Waals surface area (Å²) in [6.45, 7) is 1.32. The molecule has 0 bridgehead atoms. The third-order valence-corrected chi connectivity index (χ3v) is 3.03. The van der Waals surface area contributed by atoms with Crippen LogP contribution in [0.1, 0.15) is 6.42 Å². The maximum Gasteiger partial charge on any atom is 0.163 e. The van der Waals surface area contributed by atoms with Crippen LogP contribution in [0.5, 0.6) is 11.5 Å². The van der Waals surface area contributed by atoms with Crippen molar-refractivity contribution in [2.75, 3.05) is 24.3 Å². The molecule has 6 heteroatoms. The maximum atomic E-state index is 5.88. The van der Waals surface area contributed by atoms with Crippen LogP contribution in [0.2, 0.25) is 5.15 Å². The standard InChI is InChI=1S/C14H14ClN3O2/c15-13-6-9(16)7-14(18-13)17-10-2-3-11-12(8-10)20-5-1-4-19-11/h2-3,6-8H,1,4-5H2,(H3,16,17,18). The van der Waals surface area contributed by atoms with Gasteiger partial charge in [-0.1, -0.05) is 11.6 Å². The lowest BCUT2D eigenvalue weighted by molar-refractivity contribution is 0.297. The van der Waals surface area contributed by atoms with Crippen molar-refractivity contribution in [3.8, 4) is 11.5 Å². The summed E-state index contributed by atoms with van der Waals surface area (Å²) in [6.07, 6.45) is 0.879. The molecule has 20 heavy (non-hydrogen) atoms. The van der Waals surface area contributed by atoms with Gasteiger partial charge in [0.25, 0.3) is 0 Å². The Morgan fingerprint density at radius 2 is 1.90 bits per heavy atom. The van der Waals surface area contributed by atoms with Crippen LogP contribution >= 0.6 is 11.6 Å². The molecular formula is C14H14ClN3O2. The summed E-state index contributed by atoms with van der Waals surface area (Å²) in [7, 11) is 0. The molecule has 0 radical (unpaired) electrons. The van der Waals surface area contributed by atoms with Gasteiger partial charge in [-0.25, -0.2) is 4.98 Å². The van der Waals surface area contributed by atoms with Crippen molar-refractivity contribution in [3.05, 3.63) is 35.5 Å². The van der Waals surface area contributed by atoms with Gasteiger partial charge < -0.3 is 20.5 Å². The Balaban J connectivity index is 1.85. The van der Waals surface area contributed by atoms with Gasteiger partial charge in [0.2, 0.25) is 0 Å². The van der Waals surface area contributed by atoms with Gasteiger partial charge in [0.05, 0.1) is 13.2 Å². The average molecular weight is 292 g/mol. The molecule has 5 nitrogen and oxygen atoms in total. The third-order valence-electron chi connectivity index (χ3n) is 2.84. The van der Waals surface area contributed by atoms with Crippen molar-refractivity contribution in [3.63, 3.8) is 0 Å². The van der Waals surface area contributed by atoms with Gasteiger partial charge in [-0.3, -0.25) is 0 Å². The van der Waals surface area contributed by atoms with E-state index < -0.39 is 0 Å². The number of aromatic nitrogens is 1. The monoisotopic (exact) mass is 291 g/mol. The van der Waals surface area contributed by atoms with Crippen molar-refractivity contribution in [1.82, 2.24) is 4.98 Å². The first-order valence-electron chi connectivity index (χ1n) is 6.30. The van der Waals surface area contributed by atoms with E-state index in [1.54, 1.807) is 12.1 Å². The number of ether oxygens (including phenoxy) is 2. The molecule has 3 rings (SSSR count). The summed E-state index contributed by atoms with van der Waals surface area (Å²) >= 11 is 5.88. The number of hydrogen-bond donors (Lipinski definition) is 2. The second-order valence-corrected chi connectivity index (χ2v) is 4.83. The van der Waals surface area contributed by atoms with E-state index in [9.17, 15) is 0 Å². The number of nitrogens with two attached hydrogens (primary N) is 1. The molecule has 0 amide bonds. The molecule has 2 aromatic rings. The lowest BCUT2D eigenvalue weighted by Crippen LogP contribution is -1.98. The fraction of sp³-hybridized carbons (Fsp3) is 0.214. The lowest BCUT2D eigenvalue weighted by Gasteiger charge is -2.11. The van der Waals surface area contributed by atoms with Gasteiger partial charge in [0, 0.05) is 29.9 Å².